The number of nitrogens with zero attached hydrogens (tertiary/aromatic N) is 6. The van der Waals surface area contributed by atoms with Crippen molar-refractivity contribution in [3.05, 3.63) is 61.7 Å². The van der Waals surface area contributed by atoms with Crippen molar-refractivity contribution in [2.75, 3.05) is 13.1 Å². The minimum Gasteiger partial charge on any atom is -0.371 e. The number of carbonyl (C=O) groups is 1. The number of aromatic nitrogens is 6. The molecule has 12 heteroatoms. The van der Waals surface area contributed by atoms with Gasteiger partial charge in [-0.3, -0.25) is 14.6 Å². The fourth-order valence-corrected chi connectivity index (χ4v) is 4.53. The first-order valence-electron chi connectivity index (χ1n) is 9.63. The molecule has 1 amide bonds. The summed E-state index contributed by atoms with van der Waals surface area (Å²) in [6.45, 7) is 3.30. The maximum absolute atomic E-state index is 13.1. The molecule has 1 N–H and O–H groups in total. The number of rotatable bonds is 5. The van der Waals surface area contributed by atoms with E-state index < -0.39 is 0 Å². The van der Waals surface area contributed by atoms with Gasteiger partial charge in [0.15, 0.2) is 4.47 Å². The normalized spacial score (nSPS) is 16.5. The molecule has 0 aromatic carbocycles. The van der Waals surface area contributed by atoms with E-state index in [4.69, 9.17) is 16.3 Å². The van der Waals surface area contributed by atoms with E-state index in [1.807, 2.05) is 0 Å². The Morgan fingerprint density at radius 2 is 2.29 bits per heavy atom. The fourth-order valence-electron chi connectivity index (χ4n) is 3.63. The molecule has 0 bridgehead atoms. The van der Waals surface area contributed by atoms with Crippen LogP contribution in [0.1, 0.15) is 27.3 Å². The van der Waals surface area contributed by atoms with Crippen LogP contribution < -0.4 is 5.56 Å². The predicted molar refractivity (Wildman–Crippen MR) is 114 cm³/mol. The molecule has 1 aliphatic heterocycles. The van der Waals surface area contributed by atoms with Crippen LogP contribution in [0.3, 0.4) is 0 Å². The number of ether oxygens (including phenoxy) is 1. The van der Waals surface area contributed by atoms with E-state index in [0.717, 1.165) is 11.3 Å². The zero-order valence-electron chi connectivity index (χ0n) is 16.5. The van der Waals surface area contributed by atoms with Gasteiger partial charge in [-0.1, -0.05) is 11.6 Å². The summed E-state index contributed by atoms with van der Waals surface area (Å²) >= 11 is 7.23. The van der Waals surface area contributed by atoms with Gasteiger partial charge in [0.25, 0.3) is 11.5 Å². The number of carbonyl (C=O) groups excluding carboxylic acids is 1. The Kier molecular flexibility index (Phi) is 5.08. The average molecular weight is 460 g/mol. The zero-order valence-corrected chi connectivity index (χ0v) is 18.1. The van der Waals surface area contributed by atoms with Gasteiger partial charge in [0.05, 0.1) is 35.0 Å². The number of hydrogen-bond acceptors (Lipinski definition) is 7. The molecular weight excluding hydrogens is 442 g/mol. The maximum Gasteiger partial charge on any atom is 0.276 e. The van der Waals surface area contributed by atoms with Crippen LogP contribution in [-0.2, 0) is 11.3 Å². The van der Waals surface area contributed by atoms with Crippen molar-refractivity contribution in [2.45, 2.75) is 26.1 Å². The van der Waals surface area contributed by atoms with Crippen molar-refractivity contribution in [3.8, 4) is 5.95 Å². The summed E-state index contributed by atoms with van der Waals surface area (Å²) < 4.78 is 9.35. The third-order valence-electron chi connectivity index (χ3n) is 5.25. The zero-order chi connectivity index (χ0) is 21.5. The lowest BCUT2D eigenvalue weighted by atomic mass is 10.2. The van der Waals surface area contributed by atoms with Gasteiger partial charge in [-0.05, 0) is 25.5 Å². The summed E-state index contributed by atoms with van der Waals surface area (Å²) in [6.07, 6.45) is 5.60. The van der Waals surface area contributed by atoms with Gasteiger partial charge in [0.2, 0.25) is 5.95 Å². The number of thiazole rings is 1. The molecule has 5 rings (SSSR count). The smallest absolute Gasteiger partial charge is 0.276 e. The summed E-state index contributed by atoms with van der Waals surface area (Å²) in [7, 11) is 0. The third kappa shape index (κ3) is 3.75. The molecule has 0 spiro atoms. The van der Waals surface area contributed by atoms with E-state index in [-0.39, 0.29) is 23.5 Å². The first-order chi connectivity index (χ1) is 15.0. The number of halogens is 1. The van der Waals surface area contributed by atoms with E-state index in [1.165, 1.54) is 26.7 Å². The quantitative estimate of drug-likeness (QED) is 0.489. The number of nitrogens with one attached hydrogen (secondary N) is 1. The monoisotopic (exact) mass is 459 g/mol. The van der Waals surface area contributed by atoms with Crippen LogP contribution in [0.25, 0.3) is 11.5 Å². The second kappa shape index (κ2) is 7.91. The molecule has 10 nitrogen and oxygen atoms in total. The molecule has 0 aliphatic carbocycles. The van der Waals surface area contributed by atoms with Gasteiger partial charge < -0.3 is 9.64 Å². The molecule has 1 fully saturated rings. The van der Waals surface area contributed by atoms with Crippen LogP contribution in [-0.4, -0.2) is 59.4 Å². The second-order valence-electron chi connectivity index (χ2n) is 7.22. The van der Waals surface area contributed by atoms with Crippen molar-refractivity contribution in [1.82, 2.24) is 34.3 Å². The summed E-state index contributed by atoms with van der Waals surface area (Å²) in [5.41, 5.74) is 1.22. The van der Waals surface area contributed by atoms with Crippen molar-refractivity contribution in [1.29, 1.82) is 0 Å². The van der Waals surface area contributed by atoms with Crippen LogP contribution in [0, 0.1) is 6.92 Å². The predicted octanol–water partition coefficient (Wildman–Crippen LogP) is 2.06. The van der Waals surface area contributed by atoms with Crippen molar-refractivity contribution < 1.29 is 9.53 Å². The van der Waals surface area contributed by atoms with Crippen LogP contribution >= 0.6 is 22.9 Å². The average Bonchev–Trinajstić information content (AvgIpc) is 3.53. The van der Waals surface area contributed by atoms with Crippen LogP contribution in [0.5, 0.6) is 0 Å². The van der Waals surface area contributed by atoms with E-state index in [9.17, 15) is 9.59 Å². The van der Waals surface area contributed by atoms with Gasteiger partial charge >= 0.3 is 0 Å². The van der Waals surface area contributed by atoms with Gasteiger partial charge in [-0.2, -0.15) is 5.10 Å². The van der Waals surface area contributed by atoms with Crippen LogP contribution in [0.4, 0.5) is 0 Å². The largest absolute Gasteiger partial charge is 0.371 e. The highest BCUT2D eigenvalue weighted by atomic mass is 35.5. The number of aromatic amines is 1. The molecule has 1 atom stereocenters. The Labute approximate surface area is 185 Å². The maximum atomic E-state index is 13.1. The van der Waals surface area contributed by atoms with Crippen molar-refractivity contribution in [3.63, 3.8) is 0 Å². The number of fused-ring (bicyclic) bond motifs is 1. The SMILES string of the molecule is Cc1c(C(=O)N2CC[C@H](OCc3cnc(Cl)s3)C2)cnn1-c1nn2cccc2c(=O)[nH]1. The highest BCUT2D eigenvalue weighted by Gasteiger charge is 2.30. The van der Waals surface area contributed by atoms with Gasteiger partial charge in [0, 0.05) is 25.5 Å². The lowest BCUT2D eigenvalue weighted by molar-refractivity contribution is 0.0449. The molecule has 160 valence electrons. The molecule has 0 saturated carbocycles. The minimum absolute atomic E-state index is 0.0469. The highest BCUT2D eigenvalue weighted by Crippen LogP contribution is 2.22. The molecule has 4 aromatic rings. The standard InChI is InChI=1S/C19H18ClN7O3S/c1-11-14(8-22-27(11)19-23-16(28)15-3-2-5-26(15)24-19)17(29)25-6-4-12(9-25)30-10-13-7-21-18(20)31-13/h2-3,5,7-8,12H,4,6,9-10H2,1H3,(H,23,24,28)/t12-/m0/s1. The van der Waals surface area contributed by atoms with Crippen molar-refractivity contribution >= 4 is 34.4 Å². The Morgan fingerprint density at radius 1 is 1.42 bits per heavy atom. The number of H-pyrrole nitrogens is 1. The highest BCUT2D eigenvalue weighted by molar-refractivity contribution is 7.15. The molecule has 5 heterocycles. The summed E-state index contributed by atoms with van der Waals surface area (Å²) in [4.78, 5) is 34.7. The molecule has 1 aliphatic rings. The summed E-state index contributed by atoms with van der Waals surface area (Å²) in [5, 5.41) is 8.65. The lowest BCUT2D eigenvalue weighted by Crippen LogP contribution is -2.30. The molecule has 31 heavy (non-hydrogen) atoms. The van der Waals surface area contributed by atoms with Crippen molar-refractivity contribution in [2.24, 2.45) is 0 Å². The summed E-state index contributed by atoms with van der Waals surface area (Å²) in [6, 6.07) is 3.41. The minimum atomic E-state index is -0.278. The van der Waals surface area contributed by atoms with Crippen LogP contribution in [0.15, 0.2) is 35.5 Å². The Hall–Kier alpha value is -3.02. The van der Waals surface area contributed by atoms with Gasteiger partial charge in [0.1, 0.15) is 5.52 Å². The topological polar surface area (TPSA) is 110 Å². The number of likely N-dealkylation sites (tertiary alicyclic amines) is 1. The molecular formula is C19H18ClN7O3S. The van der Waals surface area contributed by atoms with E-state index in [1.54, 1.807) is 36.4 Å². The molecule has 0 unspecified atom stereocenters. The van der Waals surface area contributed by atoms with Crippen LogP contribution in [0.2, 0.25) is 4.47 Å². The molecule has 1 saturated heterocycles. The van der Waals surface area contributed by atoms with Gasteiger partial charge in [-0.15, -0.1) is 16.4 Å². The lowest BCUT2D eigenvalue weighted by Gasteiger charge is -2.16. The van der Waals surface area contributed by atoms with E-state index in [0.29, 0.717) is 40.9 Å². The Morgan fingerprint density at radius 3 is 3.10 bits per heavy atom. The van der Waals surface area contributed by atoms with E-state index >= 15 is 0 Å². The summed E-state index contributed by atoms with van der Waals surface area (Å²) in [5.74, 6) is 0.121. The third-order valence-corrected chi connectivity index (χ3v) is 6.34. The Balaban J connectivity index is 1.30. The first-order valence-corrected chi connectivity index (χ1v) is 10.8. The second-order valence-corrected chi connectivity index (χ2v) is 8.92. The fraction of sp³-hybridized carbons (Fsp3) is 0.316. The molecule has 0 radical (unpaired) electrons. The molecule has 4 aromatic heterocycles. The Bertz CT molecular complexity index is 1320. The number of hydrogen-bond donors (Lipinski definition) is 1. The van der Waals surface area contributed by atoms with Gasteiger partial charge in [-0.25, -0.2) is 14.2 Å². The first kappa shape index (κ1) is 19.9. The number of amides is 1. The van der Waals surface area contributed by atoms with E-state index in [2.05, 4.69) is 20.2 Å².